The van der Waals surface area contributed by atoms with E-state index in [-0.39, 0.29) is 23.4 Å². The average molecular weight is 410 g/mol. The smallest absolute Gasteiger partial charge is 0.321 e. The molecule has 146 valence electrons. The zero-order valence-corrected chi connectivity index (χ0v) is 15.2. The number of nitrogens with zero attached hydrogens (tertiary/aromatic N) is 1. The largest absolute Gasteiger partial charge is 0.360 e. The van der Waals surface area contributed by atoms with Crippen molar-refractivity contribution in [3.8, 4) is 0 Å². The van der Waals surface area contributed by atoms with Gasteiger partial charge in [-0.05, 0) is 30.2 Å². The van der Waals surface area contributed by atoms with E-state index >= 15 is 0 Å². The number of aryl methyl sites for hydroxylation is 1. The Morgan fingerprint density at radius 2 is 1.82 bits per heavy atom. The third-order valence-electron chi connectivity index (χ3n) is 4.37. The predicted molar refractivity (Wildman–Crippen MR) is 98.1 cm³/mol. The number of halogens is 4. The molecule has 3 rings (SSSR count). The molecule has 1 heterocycles. The molecule has 3 N–H and O–H groups in total. The van der Waals surface area contributed by atoms with E-state index in [2.05, 4.69) is 4.98 Å². The maximum absolute atomic E-state index is 13.8. The number of carbonyl (C=O) groups excluding carboxylic acids is 2. The summed E-state index contributed by atoms with van der Waals surface area (Å²) in [6.45, 7) is -0.483. The van der Waals surface area contributed by atoms with Crippen molar-refractivity contribution < 1.29 is 22.8 Å². The molecule has 0 radical (unpaired) electrons. The first-order valence-electron chi connectivity index (χ1n) is 8.26. The monoisotopic (exact) mass is 409 g/mol. The zero-order valence-electron chi connectivity index (χ0n) is 14.4. The fourth-order valence-corrected chi connectivity index (χ4v) is 3.13. The summed E-state index contributed by atoms with van der Waals surface area (Å²) >= 11 is 5.90. The van der Waals surface area contributed by atoms with Crippen molar-refractivity contribution in [2.45, 2.75) is 19.4 Å². The van der Waals surface area contributed by atoms with Gasteiger partial charge in [-0.1, -0.05) is 23.7 Å². The van der Waals surface area contributed by atoms with Crippen LogP contribution in [0, 0.1) is 17.5 Å². The van der Waals surface area contributed by atoms with Crippen LogP contribution in [0.25, 0.3) is 10.9 Å². The average Bonchev–Trinajstić information content (AvgIpc) is 3.07. The zero-order chi connectivity index (χ0) is 20.4. The Bertz CT molecular complexity index is 1070. The molecule has 5 nitrogen and oxygen atoms in total. The quantitative estimate of drug-likeness (QED) is 0.659. The number of amides is 3. The fraction of sp³-hybridized carbons (Fsp3) is 0.158. The van der Waals surface area contributed by atoms with Crippen LogP contribution in [0.3, 0.4) is 0 Å². The number of aromatic amines is 1. The predicted octanol–water partition coefficient (Wildman–Crippen LogP) is 4.28. The van der Waals surface area contributed by atoms with E-state index in [4.69, 9.17) is 17.3 Å². The van der Waals surface area contributed by atoms with Crippen molar-refractivity contribution in [2.75, 3.05) is 0 Å². The van der Waals surface area contributed by atoms with Gasteiger partial charge >= 0.3 is 6.03 Å². The molecule has 0 unspecified atom stereocenters. The van der Waals surface area contributed by atoms with Gasteiger partial charge in [0.2, 0.25) is 5.91 Å². The van der Waals surface area contributed by atoms with E-state index in [1.54, 1.807) is 6.20 Å². The molecule has 0 saturated heterocycles. The lowest BCUT2D eigenvalue weighted by Crippen LogP contribution is -2.40. The Hall–Kier alpha value is -3.00. The van der Waals surface area contributed by atoms with E-state index in [1.165, 1.54) is 24.3 Å². The normalized spacial score (nSPS) is 11.0. The van der Waals surface area contributed by atoms with Crippen molar-refractivity contribution in [3.05, 3.63) is 70.1 Å². The molecule has 3 amide bonds. The second-order valence-corrected chi connectivity index (χ2v) is 6.51. The first-order chi connectivity index (χ1) is 13.3. The Labute approximate surface area is 162 Å². The number of H-pyrrole nitrogens is 1. The van der Waals surface area contributed by atoms with Crippen LogP contribution in [0.2, 0.25) is 5.02 Å². The second-order valence-electron chi connectivity index (χ2n) is 6.13. The first-order valence-corrected chi connectivity index (χ1v) is 8.64. The second kappa shape index (κ2) is 7.93. The van der Waals surface area contributed by atoms with Gasteiger partial charge in [0.15, 0.2) is 11.6 Å². The van der Waals surface area contributed by atoms with Gasteiger partial charge in [-0.2, -0.15) is 0 Å². The number of benzene rings is 2. The van der Waals surface area contributed by atoms with Crippen LogP contribution in [0.15, 0.2) is 36.5 Å². The lowest BCUT2D eigenvalue weighted by atomic mass is 10.1. The number of imide groups is 1. The molecule has 0 aliphatic heterocycles. The van der Waals surface area contributed by atoms with Crippen LogP contribution >= 0.6 is 11.6 Å². The van der Waals surface area contributed by atoms with Crippen LogP contribution in [0.4, 0.5) is 18.0 Å². The maximum Gasteiger partial charge on any atom is 0.321 e. The summed E-state index contributed by atoms with van der Waals surface area (Å²) < 4.78 is 40.7. The van der Waals surface area contributed by atoms with E-state index in [0.29, 0.717) is 21.4 Å². The third-order valence-corrected chi connectivity index (χ3v) is 4.74. The number of hydrogen-bond acceptors (Lipinski definition) is 2. The minimum absolute atomic E-state index is 0.0598. The molecule has 0 spiro atoms. The molecule has 0 fully saturated rings. The van der Waals surface area contributed by atoms with Crippen molar-refractivity contribution in [1.82, 2.24) is 9.88 Å². The molecule has 3 aromatic rings. The molecule has 0 aliphatic carbocycles. The van der Waals surface area contributed by atoms with Crippen molar-refractivity contribution in [1.29, 1.82) is 0 Å². The number of nitrogens with one attached hydrogen (secondary N) is 1. The molecule has 0 aliphatic rings. The molecule has 28 heavy (non-hydrogen) atoms. The Morgan fingerprint density at radius 1 is 1.07 bits per heavy atom. The number of fused-ring (bicyclic) bond motifs is 1. The summed E-state index contributed by atoms with van der Waals surface area (Å²) in [5.41, 5.74) is 6.16. The first kappa shape index (κ1) is 19.8. The van der Waals surface area contributed by atoms with Gasteiger partial charge in [0, 0.05) is 23.6 Å². The Balaban J connectivity index is 1.76. The molecule has 2 aromatic carbocycles. The fourth-order valence-electron chi connectivity index (χ4n) is 2.91. The van der Waals surface area contributed by atoms with E-state index in [9.17, 15) is 22.8 Å². The summed E-state index contributed by atoms with van der Waals surface area (Å²) in [4.78, 5) is 27.6. The highest BCUT2D eigenvalue weighted by Gasteiger charge is 2.22. The standard InChI is InChI=1S/C19H15ClF3N3O2/c20-16-13(21)6-5-12-10(8-25-18(12)16)4-7-15(27)26(19(24)28)9-11-2-1-3-14(22)17(11)23/h1-3,5-6,8,25H,4,7,9H2,(H2,24,28). The lowest BCUT2D eigenvalue weighted by Gasteiger charge is -2.19. The van der Waals surface area contributed by atoms with Gasteiger partial charge < -0.3 is 10.7 Å². The van der Waals surface area contributed by atoms with E-state index in [0.717, 1.165) is 6.07 Å². The molecular formula is C19H15ClF3N3O2. The maximum atomic E-state index is 13.8. The lowest BCUT2D eigenvalue weighted by molar-refractivity contribution is -0.128. The summed E-state index contributed by atoms with van der Waals surface area (Å²) in [6.07, 6.45) is 1.67. The third kappa shape index (κ3) is 3.82. The van der Waals surface area contributed by atoms with Gasteiger partial charge in [0.25, 0.3) is 0 Å². The van der Waals surface area contributed by atoms with Gasteiger partial charge in [0.05, 0.1) is 12.1 Å². The van der Waals surface area contributed by atoms with E-state index in [1.807, 2.05) is 0 Å². The highest BCUT2D eigenvalue weighted by atomic mass is 35.5. The Morgan fingerprint density at radius 3 is 2.54 bits per heavy atom. The number of aromatic nitrogens is 1. The van der Waals surface area contributed by atoms with Crippen LogP contribution in [-0.2, 0) is 17.8 Å². The minimum atomic E-state index is -1.14. The molecule has 0 saturated carbocycles. The number of nitrogens with two attached hydrogens (primary N) is 1. The van der Waals surface area contributed by atoms with Gasteiger partial charge in [0.1, 0.15) is 10.8 Å². The number of hydrogen-bond donors (Lipinski definition) is 2. The number of primary amides is 1. The summed E-state index contributed by atoms with van der Waals surface area (Å²) in [5, 5.41) is 0.580. The number of urea groups is 1. The van der Waals surface area contributed by atoms with Crippen molar-refractivity contribution in [2.24, 2.45) is 5.73 Å². The number of rotatable bonds is 5. The number of carbonyl (C=O) groups is 2. The minimum Gasteiger partial charge on any atom is -0.360 e. The molecular weight excluding hydrogens is 395 g/mol. The van der Waals surface area contributed by atoms with Crippen molar-refractivity contribution in [3.63, 3.8) is 0 Å². The SMILES string of the molecule is NC(=O)N(Cc1cccc(F)c1F)C(=O)CCc1c[nH]c2c(Cl)c(F)ccc12. The molecule has 1 aromatic heterocycles. The van der Waals surface area contributed by atoms with Crippen molar-refractivity contribution >= 4 is 34.4 Å². The molecule has 9 heteroatoms. The van der Waals surface area contributed by atoms with Crippen LogP contribution in [0.5, 0.6) is 0 Å². The Kier molecular flexibility index (Phi) is 5.60. The van der Waals surface area contributed by atoms with E-state index < -0.39 is 35.9 Å². The molecule has 0 bridgehead atoms. The van der Waals surface area contributed by atoms with Crippen LogP contribution < -0.4 is 5.73 Å². The van der Waals surface area contributed by atoms with Crippen LogP contribution in [0.1, 0.15) is 17.5 Å². The topological polar surface area (TPSA) is 79.2 Å². The van der Waals surface area contributed by atoms with Gasteiger partial charge in [-0.25, -0.2) is 18.0 Å². The highest BCUT2D eigenvalue weighted by molar-refractivity contribution is 6.35. The van der Waals surface area contributed by atoms with Crippen LogP contribution in [-0.4, -0.2) is 21.8 Å². The van der Waals surface area contributed by atoms with Gasteiger partial charge in [-0.3, -0.25) is 9.69 Å². The highest BCUT2D eigenvalue weighted by Crippen LogP contribution is 2.28. The summed E-state index contributed by atoms with van der Waals surface area (Å²) in [5.74, 6) is -3.46. The summed E-state index contributed by atoms with van der Waals surface area (Å²) in [7, 11) is 0. The summed E-state index contributed by atoms with van der Waals surface area (Å²) in [6, 6.07) is 5.13. The van der Waals surface area contributed by atoms with Gasteiger partial charge in [-0.15, -0.1) is 0 Å². The molecule has 0 atom stereocenters.